The van der Waals surface area contributed by atoms with Gasteiger partial charge in [0.15, 0.2) is 0 Å². The van der Waals surface area contributed by atoms with E-state index in [4.69, 9.17) is 11.1 Å². The van der Waals surface area contributed by atoms with Gasteiger partial charge in [-0.1, -0.05) is 57.2 Å². The topological polar surface area (TPSA) is 47.7 Å². The van der Waals surface area contributed by atoms with E-state index < -0.39 is 0 Å². The largest absolute Gasteiger partial charge is 0.698 e. The molecule has 1 rings (SSSR count). The van der Waals surface area contributed by atoms with E-state index in [0.717, 1.165) is 5.56 Å². The van der Waals surface area contributed by atoms with E-state index in [-0.39, 0.29) is 5.41 Å². The molecule has 0 aliphatic rings. The first-order valence-corrected chi connectivity index (χ1v) is 4.99. The Hall–Kier alpha value is -1.57. The zero-order valence-corrected chi connectivity index (χ0v) is 9.46. The fraction of sp³-hybridized carbons (Fsp3) is 0.308. The Bertz CT molecular complexity index is 369. The standard InChI is InChI=1S/C13H17N2/c1-13(2,3)12(15)9-11(14)10-7-5-4-6-8-10/h4-9,14-15H,1-3H3/q-1/b11-9-,15-12?. The first kappa shape index (κ1) is 11.5. The van der Waals surface area contributed by atoms with Crippen LogP contribution in [0, 0.1) is 10.8 Å². The molecular formula is C13H17N2-. The second-order valence-electron chi connectivity index (χ2n) is 4.59. The van der Waals surface area contributed by atoms with Gasteiger partial charge in [-0.2, -0.15) is 0 Å². The van der Waals surface area contributed by atoms with Crippen molar-refractivity contribution < 1.29 is 0 Å². The van der Waals surface area contributed by atoms with Crippen LogP contribution in [0.5, 0.6) is 0 Å². The first-order valence-electron chi connectivity index (χ1n) is 4.99. The highest BCUT2D eigenvalue weighted by Gasteiger charge is 2.14. The molecule has 2 nitrogen and oxygen atoms in total. The molecule has 0 bridgehead atoms. The fourth-order valence-electron chi connectivity index (χ4n) is 1.06. The maximum atomic E-state index is 7.84. The van der Waals surface area contributed by atoms with Crippen LogP contribution in [0.2, 0.25) is 0 Å². The average Bonchev–Trinajstić information content (AvgIpc) is 2.17. The molecule has 0 heterocycles. The van der Waals surface area contributed by atoms with Crippen molar-refractivity contribution in [2.24, 2.45) is 5.41 Å². The van der Waals surface area contributed by atoms with Crippen molar-refractivity contribution in [3.05, 3.63) is 47.7 Å². The van der Waals surface area contributed by atoms with Gasteiger partial charge in [-0.05, 0) is 5.56 Å². The minimum atomic E-state index is -0.193. The Morgan fingerprint density at radius 3 is 2.20 bits per heavy atom. The highest BCUT2D eigenvalue weighted by atomic mass is 14.6. The van der Waals surface area contributed by atoms with Gasteiger partial charge in [-0.3, -0.25) is 0 Å². The molecule has 0 aliphatic carbocycles. The molecule has 0 aliphatic heterocycles. The van der Waals surface area contributed by atoms with Gasteiger partial charge in [0, 0.05) is 11.1 Å². The van der Waals surface area contributed by atoms with Crippen molar-refractivity contribution in [2.75, 3.05) is 0 Å². The maximum Gasteiger partial charge on any atom is 0.0355 e. The van der Waals surface area contributed by atoms with Crippen LogP contribution in [0.4, 0.5) is 0 Å². The van der Waals surface area contributed by atoms with E-state index in [1.165, 1.54) is 0 Å². The molecule has 2 N–H and O–H groups in total. The van der Waals surface area contributed by atoms with Gasteiger partial charge in [0.05, 0.1) is 0 Å². The third-order valence-corrected chi connectivity index (χ3v) is 2.18. The summed E-state index contributed by atoms with van der Waals surface area (Å²) in [5.74, 6) is 0. The Labute approximate surface area is 91.3 Å². The first-order chi connectivity index (χ1) is 6.91. The summed E-state index contributed by atoms with van der Waals surface area (Å²) >= 11 is 0. The van der Waals surface area contributed by atoms with E-state index in [2.05, 4.69) is 0 Å². The lowest BCUT2D eigenvalue weighted by atomic mass is 9.89. The van der Waals surface area contributed by atoms with Gasteiger partial charge in [0.1, 0.15) is 0 Å². The number of benzene rings is 1. The molecule has 0 saturated carbocycles. The van der Waals surface area contributed by atoms with Crippen molar-refractivity contribution in [1.29, 1.82) is 5.41 Å². The predicted molar refractivity (Wildman–Crippen MR) is 65.9 cm³/mol. The van der Waals surface area contributed by atoms with Gasteiger partial charge in [0.25, 0.3) is 0 Å². The van der Waals surface area contributed by atoms with Crippen LogP contribution in [0.15, 0.2) is 36.4 Å². The normalized spacial score (nSPS) is 12.6. The molecule has 0 spiro atoms. The summed E-state index contributed by atoms with van der Waals surface area (Å²) < 4.78 is 0. The van der Waals surface area contributed by atoms with Crippen molar-refractivity contribution in [3.8, 4) is 0 Å². The zero-order valence-electron chi connectivity index (χ0n) is 9.46. The summed E-state index contributed by atoms with van der Waals surface area (Å²) in [6.07, 6.45) is 1.62. The van der Waals surface area contributed by atoms with Gasteiger partial charge in [0.2, 0.25) is 0 Å². The number of rotatable bonds is 2. The summed E-state index contributed by atoms with van der Waals surface area (Å²) in [6, 6.07) is 9.49. The minimum Gasteiger partial charge on any atom is -0.698 e. The van der Waals surface area contributed by atoms with E-state index in [1.807, 2.05) is 51.1 Å². The molecule has 1 aromatic rings. The van der Waals surface area contributed by atoms with Crippen molar-refractivity contribution in [1.82, 2.24) is 0 Å². The second-order valence-corrected chi connectivity index (χ2v) is 4.59. The lowest BCUT2D eigenvalue weighted by molar-refractivity contribution is 0.591. The molecule has 0 unspecified atom stereocenters. The van der Waals surface area contributed by atoms with Crippen LogP contribution in [0.1, 0.15) is 26.3 Å². The van der Waals surface area contributed by atoms with Gasteiger partial charge in [-0.25, -0.2) is 0 Å². The zero-order chi connectivity index (χ0) is 11.5. The van der Waals surface area contributed by atoms with E-state index in [9.17, 15) is 0 Å². The van der Waals surface area contributed by atoms with E-state index in [1.54, 1.807) is 6.08 Å². The average molecular weight is 201 g/mol. The van der Waals surface area contributed by atoms with Crippen LogP contribution in [-0.4, -0.2) is 5.71 Å². The third-order valence-electron chi connectivity index (χ3n) is 2.18. The SMILES string of the molecule is CC(C)(C)C(=N)/C=C(\[NH-])c1ccccc1. The van der Waals surface area contributed by atoms with Crippen molar-refractivity contribution in [2.45, 2.75) is 20.8 Å². The van der Waals surface area contributed by atoms with Crippen LogP contribution >= 0.6 is 0 Å². The number of hydrogen-bond donors (Lipinski definition) is 1. The molecule has 0 fully saturated rings. The molecule has 0 atom stereocenters. The molecule has 0 radical (unpaired) electrons. The molecule has 0 saturated heterocycles. The monoisotopic (exact) mass is 201 g/mol. The highest BCUT2D eigenvalue weighted by Crippen LogP contribution is 2.20. The minimum absolute atomic E-state index is 0.193. The maximum absolute atomic E-state index is 7.84. The number of nitrogens with one attached hydrogen (secondary N) is 2. The van der Waals surface area contributed by atoms with Gasteiger partial charge >= 0.3 is 0 Å². The van der Waals surface area contributed by atoms with Crippen LogP contribution in [0.25, 0.3) is 11.4 Å². The summed E-state index contributed by atoms with van der Waals surface area (Å²) in [5.41, 5.74) is 9.38. The van der Waals surface area contributed by atoms with Crippen LogP contribution < -0.4 is 0 Å². The van der Waals surface area contributed by atoms with Gasteiger partial charge in [-0.15, -0.1) is 5.70 Å². The summed E-state index contributed by atoms with van der Waals surface area (Å²) in [4.78, 5) is 0. The molecule has 0 aromatic heterocycles. The fourth-order valence-corrected chi connectivity index (χ4v) is 1.06. The van der Waals surface area contributed by atoms with Crippen LogP contribution in [0.3, 0.4) is 0 Å². The van der Waals surface area contributed by atoms with E-state index in [0.29, 0.717) is 11.4 Å². The molecule has 15 heavy (non-hydrogen) atoms. The smallest absolute Gasteiger partial charge is 0.0355 e. The molecule has 1 aromatic carbocycles. The molecular weight excluding hydrogens is 184 g/mol. The molecule has 80 valence electrons. The summed E-state index contributed by atoms with van der Waals surface area (Å²) in [6.45, 7) is 5.93. The Morgan fingerprint density at radius 1 is 1.20 bits per heavy atom. The van der Waals surface area contributed by atoms with Crippen molar-refractivity contribution >= 4 is 11.4 Å². The molecule has 0 amide bonds. The van der Waals surface area contributed by atoms with E-state index >= 15 is 0 Å². The number of hydrogen-bond acceptors (Lipinski definition) is 1. The van der Waals surface area contributed by atoms with Crippen molar-refractivity contribution in [3.63, 3.8) is 0 Å². The lowest BCUT2D eigenvalue weighted by Crippen LogP contribution is -2.16. The van der Waals surface area contributed by atoms with Crippen LogP contribution in [-0.2, 0) is 0 Å². The quantitative estimate of drug-likeness (QED) is 0.699. The third kappa shape index (κ3) is 3.24. The highest BCUT2D eigenvalue weighted by molar-refractivity contribution is 6.02. The predicted octanol–water partition coefficient (Wildman–Crippen LogP) is 4.15. The molecule has 2 heteroatoms. The Balaban J connectivity index is 2.91. The number of allylic oxidation sites excluding steroid dienone is 1. The lowest BCUT2D eigenvalue weighted by Gasteiger charge is -2.20. The summed E-state index contributed by atoms with van der Waals surface area (Å²) in [7, 11) is 0. The Kier molecular flexibility index (Phi) is 3.30. The van der Waals surface area contributed by atoms with Gasteiger partial charge < -0.3 is 11.1 Å². The summed E-state index contributed by atoms with van der Waals surface area (Å²) in [5, 5.41) is 7.82. The Morgan fingerprint density at radius 2 is 1.73 bits per heavy atom. The second kappa shape index (κ2) is 4.30.